The van der Waals surface area contributed by atoms with Gasteiger partial charge in [-0.05, 0) is 30.3 Å². The molecule has 0 fully saturated rings. The quantitative estimate of drug-likeness (QED) is 0.528. The second kappa shape index (κ2) is 8.12. The van der Waals surface area contributed by atoms with Crippen LogP contribution in [0.1, 0.15) is 10.4 Å². The van der Waals surface area contributed by atoms with Gasteiger partial charge < -0.3 is 19.5 Å². The van der Waals surface area contributed by atoms with Crippen molar-refractivity contribution in [2.24, 2.45) is 0 Å². The minimum atomic E-state index is -0.272. The number of carbonyl (C=O) groups is 1. The first-order valence-electron chi connectivity index (χ1n) is 9.15. The number of anilines is 1. The van der Waals surface area contributed by atoms with Crippen LogP contribution in [0.3, 0.4) is 0 Å². The van der Waals surface area contributed by atoms with E-state index >= 15 is 0 Å². The Morgan fingerprint density at radius 3 is 2.40 bits per heavy atom. The lowest BCUT2D eigenvalue weighted by molar-refractivity contribution is 0.102. The standard InChI is InChI=1S/C22H20N4O4/c1-28-17-10-15(11-18(12-17)29-2)22(27)23-16-6-4-5-14(9-16)19-13-26-20(24-19)7-8-21(25-26)30-3/h4-13H,1-3H3,(H,23,27). The van der Waals surface area contributed by atoms with Crippen molar-refractivity contribution in [1.82, 2.24) is 14.6 Å². The number of ether oxygens (including phenoxy) is 3. The van der Waals surface area contributed by atoms with E-state index in [4.69, 9.17) is 14.2 Å². The Kier molecular flexibility index (Phi) is 5.21. The van der Waals surface area contributed by atoms with Crippen LogP contribution >= 0.6 is 0 Å². The summed E-state index contributed by atoms with van der Waals surface area (Å²) in [6.45, 7) is 0. The third-order valence-electron chi connectivity index (χ3n) is 4.53. The van der Waals surface area contributed by atoms with Crippen molar-refractivity contribution in [2.45, 2.75) is 0 Å². The molecular formula is C22H20N4O4. The molecule has 8 nitrogen and oxygen atoms in total. The summed E-state index contributed by atoms with van der Waals surface area (Å²) in [4.78, 5) is 17.3. The first kappa shape index (κ1) is 19.3. The molecule has 0 aliphatic carbocycles. The lowest BCUT2D eigenvalue weighted by Crippen LogP contribution is -2.12. The lowest BCUT2D eigenvalue weighted by atomic mass is 10.1. The fourth-order valence-electron chi connectivity index (χ4n) is 3.01. The molecule has 152 valence electrons. The van der Waals surface area contributed by atoms with Gasteiger partial charge in [-0.2, -0.15) is 0 Å². The number of nitrogens with one attached hydrogen (secondary N) is 1. The molecule has 1 N–H and O–H groups in total. The molecule has 0 bridgehead atoms. The third-order valence-corrected chi connectivity index (χ3v) is 4.53. The van der Waals surface area contributed by atoms with E-state index in [-0.39, 0.29) is 5.91 Å². The Bertz CT molecular complexity index is 1200. The molecule has 2 aromatic heterocycles. The average molecular weight is 404 g/mol. The van der Waals surface area contributed by atoms with Crippen LogP contribution in [0.15, 0.2) is 60.8 Å². The van der Waals surface area contributed by atoms with Gasteiger partial charge >= 0.3 is 0 Å². The van der Waals surface area contributed by atoms with Gasteiger partial charge in [0.15, 0.2) is 5.65 Å². The minimum absolute atomic E-state index is 0.272. The normalized spacial score (nSPS) is 10.6. The fraction of sp³-hybridized carbons (Fsp3) is 0.136. The Morgan fingerprint density at radius 1 is 0.933 bits per heavy atom. The lowest BCUT2D eigenvalue weighted by Gasteiger charge is -2.10. The minimum Gasteiger partial charge on any atom is -0.497 e. The van der Waals surface area contributed by atoms with E-state index in [1.54, 1.807) is 50.1 Å². The number of hydrogen-bond donors (Lipinski definition) is 1. The van der Waals surface area contributed by atoms with Gasteiger partial charge in [0.2, 0.25) is 5.88 Å². The number of amides is 1. The molecule has 0 atom stereocenters. The van der Waals surface area contributed by atoms with Gasteiger partial charge in [-0.15, -0.1) is 5.10 Å². The van der Waals surface area contributed by atoms with Gasteiger partial charge in [0.05, 0.1) is 33.2 Å². The van der Waals surface area contributed by atoms with Gasteiger partial charge in [-0.3, -0.25) is 4.79 Å². The summed E-state index contributed by atoms with van der Waals surface area (Å²) in [6, 6.07) is 16.1. The summed E-state index contributed by atoms with van der Waals surface area (Å²) in [5.41, 5.74) is 3.35. The summed E-state index contributed by atoms with van der Waals surface area (Å²) in [7, 11) is 4.65. The van der Waals surface area contributed by atoms with Crippen LogP contribution in [0.2, 0.25) is 0 Å². The summed E-state index contributed by atoms with van der Waals surface area (Å²) in [5.74, 6) is 1.31. The van der Waals surface area contributed by atoms with Crippen LogP contribution in [0.25, 0.3) is 16.9 Å². The topological polar surface area (TPSA) is 87.0 Å². The van der Waals surface area contributed by atoms with Crippen LogP contribution in [-0.4, -0.2) is 41.8 Å². The first-order valence-corrected chi connectivity index (χ1v) is 9.15. The Labute approximate surface area is 173 Å². The number of methoxy groups -OCH3 is 3. The SMILES string of the molecule is COc1cc(OC)cc(C(=O)Nc2cccc(-c3cn4nc(OC)ccc4n3)c2)c1. The average Bonchev–Trinajstić information content (AvgIpc) is 3.22. The van der Waals surface area contributed by atoms with E-state index in [2.05, 4.69) is 15.4 Å². The van der Waals surface area contributed by atoms with Gasteiger partial charge in [0.25, 0.3) is 5.91 Å². The van der Waals surface area contributed by atoms with Crippen LogP contribution in [0.4, 0.5) is 5.69 Å². The molecule has 0 spiro atoms. The highest BCUT2D eigenvalue weighted by Gasteiger charge is 2.12. The zero-order chi connectivity index (χ0) is 21.1. The maximum absolute atomic E-state index is 12.7. The van der Waals surface area contributed by atoms with E-state index < -0.39 is 0 Å². The number of fused-ring (bicyclic) bond motifs is 1. The number of aromatic nitrogens is 3. The number of carbonyl (C=O) groups excluding carboxylic acids is 1. The number of benzene rings is 2. The largest absolute Gasteiger partial charge is 0.497 e. The highest BCUT2D eigenvalue weighted by atomic mass is 16.5. The number of imidazole rings is 1. The van der Waals surface area contributed by atoms with Crippen molar-refractivity contribution in [3.63, 3.8) is 0 Å². The van der Waals surface area contributed by atoms with E-state index in [0.717, 1.165) is 11.3 Å². The van der Waals surface area contributed by atoms with Gasteiger partial charge in [0, 0.05) is 28.9 Å². The molecule has 0 saturated carbocycles. The third kappa shape index (κ3) is 3.88. The van der Waals surface area contributed by atoms with Crippen molar-refractivity contribution in [2.75, 3.05) is 26.6 Å². The first-order chi connectivity index (χ1) is 14.6. The second-order valence-corrected chi connectivity index (χ2v) is 6.44. The highest BCUT2D eigenvalue weighted by molar-refractivity contribution is 6.05. The van der Waals surface area contributed by atoms with Crippen molar-refractivity contribution in [3.05, 3.63) is 66.4 Å². The molecule has 0 aliphatic heterocycles. The maximum Gasteiger partial charge on any atom is 0.255 e. The summed E-state index contributed by atoms with van der Waals surface area (Å²) >= 11 is 0. The van der Waals surface area contributed by atoms with E-state index in [1.807, 2.05) is 36.5 Å². The molecule has 2 aromatic carbocycles. The number of rotatable bonds is 6. The Balaban J connectivity index is 1.60. The second-order valence-electron chi connectivity index (χ2n) is 6.44. The molecule has 8 heteroatoms. The summed E-state index contributed by atoms with van der Waals surface area (Å²) < 4.78 is 17.3. The Hall–Kier alpha value is -4.07. The molecule has 0 saturated heterocycles. The van der Waals surface area contributed by atoms with Gasteiger partial charge in [0.1, 0.15) is 11.5 Å². The molecule has 4 aromatic rings. The molecule has 0 radical (unpaired) electrons. The fourth-order valence-corrected chi connectivity index (χ4v) is 3.01. The van der Waals surface area contributed by atoms with E-state index in [0.29, 0.717) is 34.3 Å². The van der Waals surface area contributed by atoms with E-state index in [9.17, 15) is 4.79 Å². The van der Waals surface area contributed by atoms with Crippen LogP contribution in [0.5, 0.6) is 17.4 Å². The zero-order valence-corrected chi connectivity index (χ0v) is 16.7. The van der Waals surface area contributed by atoms with Crippen molar-refractivity contribution >= 4 is 17.2 Å². The smallest absolute Gasteiger partial charge is 0.255 e. The number of nitrogens with zero attached hydrogens (tertiary/aromatic N) is 3. The number of hydrogen-bond acceptors (Lipinski definition) is 6. The molecule has 0 aliphatic rings. The summed E-state index contributed by atoms with van der Waals surface area (Å²) in [6.07, 6.45) is 1.81. The molecule has 2 heterocycles. The van der Waals surface area contributed by atoms with Crippen LogP contribution in [0, 0.1) is 0 Å². The predicted molar refractivity (Wildman–Crippen MR) is 112 cm³/mol. The van der Waals surface area contributed by atoms with Gasteiger partial charge in [-0.1, -0.05) is 12.1 Å². The molecule has 4 rings (SSSR count). The molecule has 30 heavy (non-hydrogen) atoms. The van der Waals surface area contributed by atoms with Crippen molar-refractivity contribution < 1.29 is 19.0 Å². The van der Waals surface area contributed by atoms with E-state index in [1.165, 1.54) is 0 Å². The molecule has 1 amide bonds. The molecular weight excluding hydrogens is 384 g/mol. The van der Waals surface area contributed by atoms with Crippen molar-refractivity contribution in [3.8, 4) is 28.6 Å². The van der Waals surface area contributed by atoms with Gasteiger partial charge in [-0.25, -0.2) is 9.50 Å². The summed E-state index contributed by atoms with van der Waals surface area (Å²) in [5, 5.41) is 7.22. The maximum atomic E-state index is 12.7. The predicted octanol–water partition coefficient (Wildman–Crippen LogP) is 3.67. The van der Waals surface area contributed by atoms with Crippen LogP contribution in [-0.2, 0) is 0 Å². The molecule has 0 unspecified atom stereocenters. The monoisotopic (exact) mass is 404 g/mol. The highest BCUT2D eigenvalue weighted by Crippen LogP contribution is 2.25. The van der Waals surface area contributed by atoms with Crippen molar-refractivity contribution in [1.29, 1.82) is 0 Å². The Morgan fingerprint density at radius 2 is 1.70 bits per heavy atom. The van der Waals surface area contributed by atoms with Crippen LogP contribution < -0.4 is 19.5 Å². The zero-order valence-electron chi connectivity index (χ0n) is 16.7.